The maximum atomic E-state index is 6.42. The normalized spacial score (nSPS) is 17.3. The highest BCUT2D eigenvalue weighted by molar-refractivity contribution is 5.67. The Kier molecular flexibility index (Phi) is 9.05. The number of hydrogen-bond acceptors (Lipinski definition) is 3. The molecule has 2 aliphatic rings. The zero-order valence-electron chi connectivity index (χ0n) is 22.5. The van der Waals surface area contributed by atoms with Crippen molar-refractivity contribution in [3.63, 3.8) is 0 Å². The SMILES string of the molecule is Nc1cc(N2CCC(CCCc3ccccc3)CC2)cc(N2CCC(CCCc3ccccc3)CC2)c1. The molecule has 2 aliphatic heterocycles. The molecule has 0 bridgehead atoms. The van der Waals surface area contributed by atoms with Gasteiger partial charge in [-0.3, -0.25) is 0 Å². The summed E-state index contributed by atoms with van der Waals surface area (Å²) in [5, 5.41) is 0. The molecule has 0 unspecified atom stereocenters. The summed E-state index contributed by atoms with van der Waals surface area (Å²) in [5.74, 6) is 1.72. The summed E-state index contributed by atoms with van der Waals surface area (Å²) >= 11 is 0. The van der Waals surface area contributed by atoms with Crippen LogP contribution in [0.3, 0.4) is 0 Å². The van der Waals surface area contributed by atoms with Gasteiger partial charge in [-0.2, -0.15) is 0 Å². The van der Waals surface area contributed by atoms with E-state index in [9.17, 15) is 0 Å². The number of piperidine rings is 2. The molecular formula is C34H45N3. The minimum absolute atomic E-state index is 0.862. The Balaban J connectivity index is 1.06. The Labute approximate surface area is 224 Å². The van der Waals surface area contributed by atoms with Crippen LogP contribution in [-0.4, -0.2) is 26.2 Å². The number of aryl methyl sites for hydroxylation is 2. The van der Waals surface area contributed by atoms with Gasteiger partial charge in [0.25, 0.3) is 0 Å². The highest BCUT2D eigenvalue weighted by atomic mass is 15.2. The van der Waals surface area contributed by atoms with E-state index in [1.54, 1.807) is 0 Å². The highest BCUT2D eigenvalue weighted by Crippen LogP contribution is 2.33. The number of benzene rings is 3. The molecule has 5 rings (SSSR count). The topological polar surface area (TPSA) is 32.5 Å². The molecular weight excluding hydrogens is 450 g/mol. The maximum Gasteiger partial charge on any atom is 0.0407 e. The average Bonchev–Trinajstić information content (AvgIpc) is 2.95. The van der Waals surface area contributed by atoms with Gasteiger partial charge >= 0.3 is 0 Å². The van der Waals surface area contributed by atoms with E-state index in [-0.39, 0.29) is 0 Å². The van der Waals surface area contributed by atoms with E-state index in [2.05, 4.69) is 88.7 Å². The van der Waals surface area contributed by atoms with E-state index in [0.717, 1.165) is 43.7 Å². The molecule has 0 spiro atoms. The lowest BCUT2D eigenvalue weighted by molar-refractivity contribution is 0.371. The van der Waals surface area contributed by atoms with Crippen molar-refractivity contribution in [2.24, 2.45) is 11.8 Å². The molecule has 2 saturated heterocycles. The van der Waals surface area contributed by atoms with Crippen molar-refractivity contribution >= 4 is 17.1 Å². The predicted octanol–water partition coefficient (Wildman–Crippen LogP) is 7.75. The van der Waals surface area contributed by atoms with Gasteiger partial charge in [0.15, 0.2) is 0 Å². The molecule has 37 heavy (non-hydrogen) atoms. The molecule has 0 aliphatic carbocycles. The first-order valence-electron chi connectivity index (χ1n) is 14.7. The molecule has 196 valence electrons. The standard InChI is InChI=1S/C34H45N3/c35-32-25-33(36-21-17-30(18-22-36)15-7-13-28-9-3-1-4-10-28)27-34(26-32)37-23-19-31(20-24-37)16-8-14-29-11-5-2-6-12-29/h1-6,9-12,25-27,30-31H,7-8,13-24,35H2. The van der Waals surface area contributed by atoms with E-state index in [1.165, 1.54) is 86.7 Å². The molecule has 0 aromatic heterocycles. The van der Waals surface area contributed by atoms with E-state index < -0.39 is 0 Å². The number of hydrogen-bond donors (Lipinski definition) is 1. The summed E-state index contributed by atoms with van der Waals surface area (Å²) in [5.41, 5.74) is 12.9. The van der Waals surface area contributed by atoms with E-state index in [1.807, 2.05) is 0 Å². The van der Waals surface area contributed by atoms with Crippen molar-refractivity contribution < 1.29 is 0 Å². The minimum atomic E-state index is 0.862. The van der Waals surface area contributed by atoms with Gasteiger partial charge < -0.3 is 15.5 Å². The number of nitrogens with zero attached hydrogens (tertiary/aromatic N) is 2. The third kappa shape index (κ3) is 7.53. The van der Waals surface area contributed by atoms with Crippen LogP contribution in [0.5, 0.6) is 0 Å². The quantitative estimate of drug-likeness (QED) is 0.292. The summed E-state index contributed by atoms with van der Waals surface area (Å²) < 4.78 is 0. The molecule has 2 fully saturated rings. The molecule has 0 radical (unpaired) electrons. The van der Waals surface area contributed by atoms with E-state index >= 15 is 0 Å². The lowest BCUT2D eigenvalue weighted by Gasteiger charge is -2.36. The van der Waals surface area contributed by atoms with Crippen molar-refractivity contribution in [1.82, 2.24) is 0 Å². The van der Waals surface area contributed by atoms with Gasteiger partial charge in [0, 0.05) is 43.2 Å². The molecule has 0 saturated carbocycles. The van der Waals surface area contributed by atoms with Crippen LogP contribution in [0.15, 0.2) is 78.9 Å². The maximum absolute atomic E-state index is 6.42. The number of nitrogen functional groups attached to an aromatic ring is 1. The first-order chi connectivity index (χ1) is 18.2. The average molecular weight is 496 g/mol. The van der Waals surface area contributed by atoms with Gasteiger partial charge in [0.2, 0.25) is 0 Å². The first kappa shape index (κ1) is 25.7. The van der Waals surface area contributed by atoms with Crippen LogP contribution in [0.25, 0.3) is 0 Å². The second-order valence-corrected chi connectivity index (χ2v) is 11.4. The summed E-state index contributed by atoms with van der Waals surface area (Å²) in [4.78, 5) is 5.15. The Hall–Kier alpha value is -2.94. The molecule has 0 atom stereocenters. The number of nitrogens with two attached hydrogens (primary N) is 1. The zero-order valence-corrected chi connectivity index (χ0v) is 22.5. The van der Waals surface area contributed by atoms with Crippen molar-refractivity contribution in [2.75, 3.05) is 41.7 Å². The van der Waals surface area contributed by atoms with Crippen LogP contribution in [0.4, 0.5) is 17.1 Å². The smallest absolute Gasteiger partial charge is 0.0407 e. The highest BCUT2D eigenvalue weighted by Gasteiger charge is 2.22. The molecule has 3 aromatic rings. The molecule has 3 nitrogen and oxygen atoms in total. The Morgan fingerprint density at radius 3 is 1.38 bits per heavy atom. The predicted molar refractivity (Wildman–Crippen MR) is 159 cm³/mol. The second kappa shape index (κ2) is 13.0. The van der Waals surface area contributed by atoms with Crippen LogP contribution in [-0.2, 0) is 12.8 Å². The number of rotatable bonds is 10. The summed E-state index contributed by atoms with van der Waals surface area (Å²) in [6.45, 7) is 4.62. The van der Waals surface area contributed by atoms with Gasteiger partial charge in [-0.1, -0.05) is 60.7 Å². The van der Waals surface area contributed by atoms with Gasteiger partial charge in [-0.05, 0) is 105 Å². The number of anilines is 3. The molecule has 2 N–H and O–H groups in total. The van der Waals surface area contributed by atoms with Crippen LogP contribution in [0.2, 0.25) is 0 Å². The monoisotopic (exact) mass is 495 g/mol. The summed E-state index contributed by atoms with van der Waals surface area (Å²) in [6, 6.07) is 28.7. The molecule has 0 amide bonds. The Morgan fingerprint density at radius 2 is 0.973 bits per heavy atom. The van der Waals surface area contributed by atoms with E-state index in [4.69, 9.17) is 5.73 Å². The fourth-order valence-corrected chi connectivity index (χ4v) is 6.42. The summed E-state index contributed by atoms with van der Waals surface area (Å²) in [6.07, 6.45) is 12.9. The van der Waals surface area contributed by atoms with E-state index in [0.29, 0.717) is 0 Å². The van der Waals surface area contributed by atoms with Gasteiger partial charge in [-0.25, -0.2) is 0 Å². The van der Waals surface area contributed by atoms with Crippen molar-refractivity contribution in [1.29, 1.82) is 0 Å². The minimum Gasteiger partial charge on any atom is -0.399 e. The lowest BCUT2D eigenvalue weighted by Crippen LogP contribution is -2.35. The molecule has 2 heterocycles. The Morgan fingerprint density at radius 1 is 0.568 bits per heavy atom. The first-order valence-corrected chi connectivity index (χ1v) is 14.7. The van der Waals surface area contributed by atoms with Crippen LogP contribution >= 0.6 is 0 Å². The third-order valence-corrected chi connectivity index (χ3v) is 8.73. The van der Waals surface area contributed by atoms with Crippen molar-refractivity contribution in [2.45, 2.75) is 64.2 Å². The van der Waals surface area contributed by atoms with Crippen LogP contribution in [0.1, 0.15) is 62.5 Å². The third-order valence-electron chi connectivity index (χ3n) is 8.73. The second-order valence-electron chi connectivity index (χ2n) is 11.4. The van der Waals surface area contributed by atoms with Crippen molar-refractivity contribution in [3.8, 4) is 0 Å². The lowest BCUT2D eigenvalue weighted by atomic mass is 9.90. The fourth-order valence-electron chi connectivity index (χ4n) is 6.42. The van der Waals surface area contributed by atoms with Crippen LogP contribution < -0.4 is 15.5 Å². The largest absolute Gasteiger partial charge is 0.399 e. The van der Waals surface area contributed by atoms with Crippen molar-refractivity contribution in [3.05, 3.63) is 90.0 Å². The Bertz CT molecular complexity index is 981. The van der Waals surface area contributed by atoms with Gasteiger partial charge in [0.05, 0.1) is 0 Å². The zero-order chi connectivity index (χ0) is 25.3. The van der Waals surface area contributed by atoms with Gasteiger partial charge in [0.1, 0.15) is 0 Å². The molecule has 3 heteroatoms. The van der Waals surface area contributed by atoms with Crippen LogP contribution in [0, 0.1) is 11.8 Å². The fraction of sp³-hybridized carbons (Fsp3) is 0.471. The molecule has 3 aromatic carbocycles. The van der Waals surface area contributed by atoms with Gasteiger partial charge in [-0.15, -0.1) is 0 Å². The summed E-state index contributed by atoms with van der Waals surface area (Å²) in [7, 11) is 0.